The van der Waals surface area contributed by atoms with Crippen LogP contribution in [0.4, 0.5) is 0 Å². The van der Waals surface area contributed by atoms with Gasteiger partial charge in [0.05, 0.1) is 0 Å². The summed E-state index contributed by atoms with van der Waals surface area (Å²) in [6, 6.07) is 0. The maximum Gasteiger partial charge on any atom is 0.201 e. The fourth-order valence-electron chi connectivity index (χ4n) is 1.54. The molecule has 0 aliphatic carbocycles. The van der Waals surface area contributed by atoms with Gasteiger partial charge in [0.1, 0.15) is 0 Å². The minimum absolute atomic E-state index is 0.671. The van der Waals surface area contributed by atoms with E-state index in [9.17, 15) is 0 Å². The van der Waals surface area contributed by atoms with Crippen LogP contribution in [0.3, 0.4) is 0 Å². The first-order valence-corrected chi connectivity index (χ1v) is 5.71. The molecule has 1 radical (unpaired) electrons. The summed E-state index contributed by atoms with van der Waals surface area (Å²) in [6.45, 7) is 9.34. The maximum absolute atomic E-state index is 2.37. The maximum atomic E-state index is 2.37. The van der Waals surface area contributed by atoms with Crippen LogP contribution in [-0.2, 0) is 0 Å². The van der Waals surface area contributed by atoms with Crippen molar-refractivity contribution in [2.24, 2.45) is 11.8 Å². The number of rotatable bonds is 3. The lowest BCUT2D eigenvalue weighted by molar-refractivity contribution is 0.465. The summed E-state index contributed by atoms with van der Waals surface area (Å²) < 4.78 is 1.00. The first kappa shape index (κ1) is 9.53. The third-order valence-electron chi connectivity index (χ3n) is 1.92. The lowest BCUT2D eigenvalue weighted by Crippen LogP contribution is -2.13. The molecule has 1 heteroatoms. The zero-order chi connectivity index (χ0) is 7.44. The fraction of sp³-hybridized carbons (Fsp3) is 1.00. The minimum atomic E-state index is 0.671. The van der Waals surface area contributed by atoms with Crippen LogP contribution in [-0.4, -0.2) is 15.2 Å². The monoisotopic (exact) mass is 141 g/mol. The van der Waals surface area contributed by atoms with Gasteiger partial charge in [0, 0.05) is 0 Å². The van der Waals surface area contributed by atoms with Gasteiger partial charge >= 0.3 is 0 Å². The van der Waals surface area contributed by atoms with Crippen LogP contribution in [0.15, 0.2) is 0 Å². The molecule has 0 aromatic carbocycles. The number of hydrogen-bond acceptors (Lipinski definition) is 0. The van der Waals surface area contributed by atoms with Gasteiger partial charge in [-0.25, -0.2) is 0 Å². The first-order chi connectivity index (χ1) is 4.09. The Morgan fingerprint density at radius 1 is 0.889 bits per heavy atom. The van der Waals surface area contributed by atoms with Crippen molar-refractivity contribution in [3.63, 3.8) is 0 Å². The molecule has 0 N–H and O–H groups in total. The second-order valence-electron chi connectivity index (χ2n) is 3.40. The molecule has 0 bridgehead atoms. The topological polar surface area (TPSA) is 0 Å². The summed E-state index contributed by atoms with van der Waals surface area (Å²) in [5, 5.41) is 0. The molecule has 9 heavy (non-hydrogen) atoms. The van der Waals surface area contributed by atoms with Crippen LogP contribution in [0.25, 0.3) is 0 Å². The van der Waals surface area contributed by atoms with Gasteiger partial charge in [-0.05, 0) is 0 Å². The Bertz CT molecular complexity index is 59.0. The highest BCUT2D eigenvalue weighted by Crippen LogP contribution is 2.24. The summed E-state index contributed by atoms with van der Waals surface area (Å²) in [4.78, 5) is 0. The van der Waals surface area contributed by atoms with Gasteiger partial charge in [-0.2, -0.15) is 0 Å². The highest BCUT2D eigenvalue weighted by molar-refractivity contribution is 6.35. The lowest BCUT2D eigenvalue weighted by atomic mass is 10.00. The van der Waals surface area contributed by atoms with Gasteiger partial charge in [-0.15, -0.1) is 5.79 Å². The Labute approximate surface area is 65.7 Å². The Hall–Kier alpha value is 0.532. The van der Waals surface area contributed by atoms with Crippen molar-refractivity contribution >= 4 is 15.2 Å². The van der Waals surface area contributed by atoms with Crippen LogP contribution >= 0.6 is 0 Å². The van der Waals surface area contributed by atoms with E-state index in [0.29, 0.717) is 15.2 Å². The SMILES string of the molecule is [CH3][Al][CH](C(C)C)C(C)C. The Kier molecular flexibility index (Phi) is 4.62. The van der Waals surface area contributed by atoms with Gasteiger partial charge in [-0.3, -0.25) is 0 Å². The summed E-state index contributed by atoms with van der Waals surface area (Å²) >= 11 is 0.671. The molecule has 53 valence electrons. The molecule has 0 aromatic rings. The molecular weight excluding hydrogens is 123 g/mol. The van der Waals surface area contributed by atoms with E-state index in [-0.39, 0.29) is 0 Å². The lowest BCUT2D eigenvalue weighted by Gasteiger charge is -2.22. The van der Waals surface area contributed by atoms with Crippen LogP contribution in [0.1, 0.15) is 27.7 Å². The molecule has 0 aliphatic rings. The average molecular weight is 141 g/mol. The van der Waals surface area contributed by atoms with E-state index in [0.717, 1.165) is 16.6 Å². The molecule has 0 heterocycles. The smallest absolute Gasteiger partial charge is 0.115 e. The molecule has 0 aromatic heterocycles. The van der Waals surface area contributed by atoms with Gasteiger partial charge in [0.2, 0.25) is 15.2 Å². The Morgan fingerprint density at radius 3 is 1.22 bits per heavy atom. The standard InChI is InChI=1S/C7H15.CH3.Al/c1-6(2)5-7(3)4;;/h5-7H,1-4H3;1H3;. The molecule has 0 amide bonds. The second kappa shape index (κ2) is 4.36. The molecule has 0 unspecified atom stereocenters. The largest absolute Gasteiger partial charge is 0.201 e. The van der Waals surface area contributed by atoms with Crippen LogP contribution < -0.4 is 0 Å². The van der Waals surface area contributed by atoms with Gasteiger partial charge in [-0.1, -0.05) is 44.3 Å². The normalized spacial score (nSPS) is 11.6. The number of hydrogen-bond donors (Lipinski definition) is 0. The summed E-state index contributed by atoms with van der Waals surface area (Å²) in [7, 11) is 0. The first-order valence-electron chi connectivity index (χ1n) is 3.89. The third kappa shape index (κ3) is 3.28. The molecule has 0 saturated heterocycles. The summed E-state index contributed by atoms with van der Waals surface area (Å²) in [5.74, 6) is 4.15. The van der Waals surface area contributed by atoms with Crippen molar-refractivity contribution in [1.82, 2.24) is 0 Å². The van der Waals surface area contributed by atoms with E-state index in [1.54, 1.807) is 0 Å². The molecule has 0 aliphatic heterocycles. The van der Waals surface area contributed by atoms with Gasteiger partial charge in [0.15, 0.2) is 0 Å². The van der Waals surface area contributed by atoms with Crippen molar-refractivity contribution in [2.45, 2.75) is 38.3 Å². The van der Waals surface area contributed by atoms with Crippen LogP contribution in [0, 0.1) is 11.8 Å². The van der Waals surface area contributed by atoms with Gasteiger partial charge < -0.3 is 0 Å². The molecule has 0 nitrogen and oxygen atoms in total. The van der Waals surface area contributed by atoms with Crippen molar-refractivity contribution in [3.8, 4) is 0 Å². The molecule has 0 spiro atoms. The highest BCUT2D eigenvalue weighted by atomic mass is 27.1. The minimum Gasteiger partial charge on any atom is -0.115 e. The van der Waals surface area contributed by atoms with Crippen molar-refractivity contribution in [1.29, 1.82) is 0 Å². The Morgan fingerprint density at radius 2 is 1.22 bits per heavy atom. The van der Waals surface area contributed by atoms with E-state index in [2.05, 4.69) is 33.5 Å². The van der Waals surface area contributed by atoms with E-state index in [1.165, 1.54) is 0 Å². The quantitative estimate of drug-likeness (QED) is 0.530. The molecule has 0 atom stereocenters. The predicted octanol–water partition coefficient (Wildman–Crippen LogP) is 2.84. The van der Waals surface area contributed by atoms with E-state index < -0.39 is 0 Å². The molecule has 0 rings (SSSR count). The Balaban J connectivity index is 3.68. The predicted molar refractivity (Wildman–Crippen MR) is 45.0 cm³/mol. The van der Waals surface area contributed by atoms with Crippen molar-refractivity contribution in [2.75, 3.05) is 0 Å². The molecule has 0 fully saturated rings. The zero-order valence-corrected chi connectivity index (χ0v) is 8.46. The van der Waals surface area contributed by atoms with E-state index >= 15 is 0 Å². The molecule has 0 saturated carbocycles. The average Bonchev–Trinajstić information content (AvgIpc) is 1.64. The van der Waals surface area contributed by atoms with Gasteiger partial charge in [0.25, 0.3) is 0 Å². The van der Waals surface area contributed by atoms with E-state index in [4.69, 9.17) is 0 Å². The fourth-order valence-corrected chi connectivity index (χ4v) is 3.08. The molecular formula is C8H18Al. The highest BCUT2D eigenvalue weighted by Gasteiger charge is 2.14. The summed E-state index contributed by atoms with van der Waals surface area (Å²) in [5.41, 5.74) is 0. The zero-order valence-electron chi connectivity index (χ0n) is 7.31. The van der Waals surface area contributed by atoms with E-state index in [1.807, 2.05) is 0 Å². The third-order valence-corrected chi connectivity index (χ3v) is 4.23. The second-order valence-corrected chi connectivity index (χ2v) is 4.84. The van der Waals surface area contributed by atoms with Crippen LogP contribution in [0.5, 0.6) is 0 Å². The van der Waals surface area contributed by atoms with Crippen molar-refractivity contribution < 1.29 is 0 Å². The van der Waals surface area contributed by atoms with Crippen LogP contribution in [0.2, 0.25) is 10.6 Å². The summed E-state index contributed by atoms with van der Waals surface area (Å²) in [6.07, 6.45) is 0. The van der Waals surface area contributed by atoms with Crippen molar-refractivity contribution in [3.05, 3.63) is 0 Å².